The number of hydrogen-bond donors (Lipinski definition) is 1. The van der Waals surface area contributed by atoms with Crippen molar-refractivity contribution in [3.8, 4) is 17.0 Å². The molecule has 82 valence electrons. The van der Waals surface area contributed by atoms with Gasteiger partial charge in [0, 0.05) is 12.6 Å². The molecule has 0 fully saturated rings. The number of carbonyl (C=O) groups excluding carboxylic acids is 1. The topological polar surface area (TPSA) is 55.1 Å². The second-order valence-corrected chi connectivity index (χ2v) is 3.64. The van der Waals surface area contributed by atoms with Gasteiger partial charge in [0.15, 0.2) is 5.78 Å². The van der Waals surface area contributed by atoms with Crippen LogP contribution in [-0.2, 0) is 7.05 Å². The first-order valence-electron chi connectivity index (χ1n) is 4.92. The Morgan fingerprint density at radius 1 is 1.44 bits per heavy atom. The van der Waals surface area contributed by atoms with Crippen molar-refractivity contribution in [3.05, 3.63) is 36.0 Å². The molecule has 1 aromatic carbocycles. The number of carbonyl (C=O) groups is 1. The molecule has 0 amide bonds. The Kier molecular flexibility index (Phi) is 2.48. The van der Waals surface area contributed by atoms with Crippen molar-refractivity contribution in [3.63, 3.8) is 0 Å². The number of aromatic hydroxyl groups is 1. The van der Waals surface area contributed by atoms with Crippen LogP contribution in [0.25, 0.3) is 11.3 Å². The molecule has 1 N–H and O–H groups in total. The van der Waals surface area contributed by atoms with E-state index in [-0.39, 0.29) is 11.5 Å². The second-order valence-electron chi connectivity index (χ2n) is 3.64. The van der Waals surface area contributed by atoms with E-state index < -0.39 is 0 Å². The summed E-state index contributed by atoms with van der Waals surface area (Å²) in [7, 11) is 1.77. The minimum Gasteiger partial charge on any atom is -0.508 e. The van der Waals surface area contributed by atoms with Gasteiger partial charge in [-0.05, 0) is 19.1 Å². The van der Waals surface area contributed by atoms with Crippen molar-refractivity contribution in [2.24, 2.45) is 7.05 Å². The summed E-state index contributed by atoms with van der Waals surface area (Å²) in [6.45, 7) is 1.50. The van der Waals surface area contributed by atoms with Crippen molar-refractivity contribution in [2.45, 2.75) is 6.92 Å². The molecule has 1 aromatic heterocycles. The van der Waals surface area contributed by atoms with Gasteiger partial charge >= 0.3 is 0 Å². The molecule has 0 aliphatic rings. The molecule has 0 saturated heterocycles. The van der Waals surface area contributed by atoms with Crippen LogP contribution in [0.5, 0.6) is 5.75 Å². The predicted octanol–water partition coefficient (Wildman–Crippen LogP) is 2.00. The average molecular weight is 216 g/mol. The van der Waals surface area contributed by atoms with Gasteiger partial charge in [-0.2, -0.15) is 5.10 Å². The van der Waals surface area contributed by atoms with Gasteiger partial charge in [0.05, 0.1) is 17.5 Å². The van der Waals surface area contributed by atoms with Crippen LogP contribution in [0.1, 0.15) is 17.3 Å². The normalized spacial score (nSPS) is 10.4. The molecule has 16 heavy (non-hydrogen) atoms. The van der Waals surface area contributed by atoms with Gasteiger partial charge in [-0.25, -0.2) is 0 Å². The van der Waals surface area contributed by atoms with Gasteiger partial charge in [-0.3, -0.25) is 9.48 Å². The van der Waals surface area contributed by atoms with E-state index in [0.717, 1.165) is 11.3 Å². The number of aryl methyl sites for hydroxylation is 1. The summed E-state index contributed by atoms with van der Waals surface area (Å²) in [6, 6.07) is 6.78. The van der Waals surface area contributed by atoms with Gasteiger partial charge in [-0.1, -0.05) is 12.1 Å². The van der Waals surface area contributed by atoms with Gasteiger partial charge in [0.1, 0.15) is 5.75 Å². The van der Waals surface area contributed by atoms with Crippen LogP contribution in [0.2, 0.25) is 0 Å². The minimum absolute atomic E-state index is 0.0357. The molecule has 0 radical (unpaired) electrons. The fraction of sp³-hybridized carbons (Fsp3) is 0.167. The monoisotopic (exact) mass is 216 g/mol. The van der Waals surface area contributed by atoms with E-state index in [1.165, 1.54) is 6.92 Å². The lowest BCUT2D eigenvalue weighted by molar-refractivity contribution is 0.101. The number of phenols is 1. The van der Waals surface area contributed by atoms with Crippen molar-refractivity contribution < 1.29 is 9.90 Å². The lowest BCUT2D eigenvalue weighted by Crippen LogP contribution is -1.98. The summed E-state index contributed by atoms with van der Waals surface area (Å²) in [5.41, 5.74) is 2.07. The zero-order valence-corrected chi connectivity index (χ0v) is 9.14. The van der Waals surface area contributed by atoms with Crippen molar-refractivity contribution in [1.82, 2.24) is 9.78 Å². The number of benzene rings is 1. The van der Waals surface area contributed by atoms with Crippen LogP contribution in [0.4, 0.5) is 0 Å². The van der Waals surface area contributed by atoms with Gasteiger partial charge in [0.2, 0.25) is 0 Å². The maximum atomic E-state index is 11.4. The van der Waals surface area contributed by atoms with E-state index in [1.807, 2.05) is 6.07 Å². The number of nitrogens with zero attached hydrogens (tertiary/aromatic N) is 2. The Balaban J connectivity index is 2.63. The van der Waals surface area contributed by atoms with Crippen molar-refractivity contribution in [1.29, 1.82) is 0 Å². The molecule has 0 aliphatic heterocycles. The number of aromatic nitrogens is 2. The second kappa shape index (κ2) is 3.81. The summed E-state index contributed by atoms with van der Waals surface area (Å²) in [5.74, 6) is 0.139. The zero-order chi connectivity index (χ0) is 11.7. The molecule has 0 saturated carbocycles. The molecule has 2 aromatic rings. The Morgan fingerprint density at radius 3 is 2.81 bits per heavy atom. The van der Waals surface area contributed by atoms with Crippen LogP contribution >= 0.6 is 0 Å². The molecule has 0 bridgehead atoms. The lowest BCUT2D eigenvalue weighted by atomic mass is 10.1. The SMILES string of the molecule is CC(=O)c1cnn(C)c1-c1cccc(O)c1. The predicted molar refractivity (Wildman–Crippen MR) is 60.3 cm³/mol. The highest BCUT2D eigenvalue weighted by Gasteiger charge is 2.14. The smallest absolute Gasteiger partial charge is 0.163 e. The highest BCUT2D eigenvalue weighted by atomic mass is 16.3. The quantitative estimate of drug-likeness (QED) is 0.781. The first kappa shape index (κ1) is 10.4. The Labute approximate surface area is 93.1 Å². The van der Waals surface area contributed by atoms with E-state index in [9.17, 15) is 9.90 Å². The zero-order valence-electron chi connectivity index (χ0n) is 9.14. The summed E-state index contributed by atoms with van der Waals surface area (Å²) in [5, 5.41) is 13.5. The third kappa shape index (κ3) is 1.69. The first-order chi connectivity index (χ1) is 7.59. The largest absolute Gasteiger partial charge is 0.508 e. The average Bonchev–Trinajstić information content (AvgIpc) is 2.60. The van der Waals surface area contributed by atoms with E-state index in [2.05, 4.69) is 5.10 Å². The van der Waals surface area contributed by atoms with Crippen LogP contribution < -0.4 is 0 Å². The summed E-state index contributed by atoms with van der Waals surface area (Å²) in [4.78, 5) is 11.4. The van der Waals surface area contributed by atoms with Gasteiger partial charge < -0.3 is 5.11 Å². The highest BCUT2D eigenvalue weighted by Crippen LogP contribution is 2.26. The molecule has 0 atom stereocenters. The molecule has 0 spiro atoms. The molecule has 0 aliphatic carbocycles. The third-order valence-corrected chi connectivity index (χ3v) is 2.44. The minimum atomic E-state index is -0.0357. The third-order valence-electron chi connectivity index (χ3n) is 2.44. The molecule has 0 unspecified atom stereocenters. The van der Waals surface area contributed by atoms with Gasteiger partial charge in [-0.15, -0.1) is 0 Å². The summed E-state index contributed by atoms with van der Waals surface area (Å²) >= 11 is 0. The van der Waals surface area contributed by atoms with Crippen LogP contribution in [-0.4, -0.2) is 20.7 Å². The summed E-state index contributed by atoms with van der Waals surface area (Å²) in [6.07, 6.45) is 1.54. The molecular formula is C12H12N2O2. The lowest BCUT2D eigenvalue weighted by Gasteiger charge is -2.04. The molecular weight excluding hydrogens is 204 g/mol. The van der Waals surface area contributed by atoms with Crippen molar-refractivity contribution >= 4 is 5.78 Å². The number of phenolic OH excluding ortho intramolecular Hbond substituents is 1. The highest BCUT2D eigenvalue weighted by molar-refractivity contribution is 5.99. The molecule has 1 heterocycles. The standard InChI is InChI=1S/C12H12N2O2/c1-8(15)11-7-13-14(2)12(11)9-4-3-5-10(16)6-9/h3-7,16H,1-2H3. The van der Waals surface area contributed by atoms with E-state index in [0.29, 0.717) is 5.56 Å². The Morgan fingerprint density at radius 2 is 2.19 bits per heavy atom. The number of ketones is 1. The van der Waals surface area contributed by atoms with E-state index >= 15 is 0 Å². The van der Waals surface area contributed by atoms with Crippen molar-refractivity contribution in [2.75, 3.05) is 0 Å². The molecule has 4 nitrogen and oxygen atoms in total. The Bertz CT molecular complexity index is 544. The van der Waals surface area contributed by atoms with E-state index in [4.69, 9.17) is 0 Å². The summed E-state index contributed by atoms with van der Waals surface area (Å²) < 4.78 is 1.63. The van der Waals surface area contributed by atoms with E-state index in [1.54, 1.807) is 36.1 Å². The van der Waals surface area contributed by atoms with Crippen LogP contribution in [0, 0.1) is 0 Å². The number of Topliss-reactive ketones (excluding diaryl/α,β-unsaturated/α-hetero) is 1. The first-order valence-corrected chi connectivity index (χ1v) is 4.92. The number of hydrogen-bond acceptors (Lipinski definition) is 3. The Hall–Kier alpha value is -2.10. The van der Waals surface area contributed by atoms with Crippen LogP contribution in [0.15, 0.2) is 30.5 Å². The maximum absolute atomic E-state index is 11.4. The van der Waals surface area contributed by atoms with Gasteiger partial charge in [0.25, 0.3) is 0 Å². The molecule has 2 rings (SSSR count). The maximum Gasteiger partial charge on any atom is 0.163 e. The fourth-order valence-corrected chi connectivity index (χ4v) is 1.69. The van der Waals surface area contributed by atoms with Crippen LogP contribution in [0.3, 0.4) is 0 Å². The number of rotatable bonds is 2. The fourth-order valence-electron chi connectivity index (χ4n) is 1.69. The molecule has 4 heteroatoms.